The van der Waals surface area contributed by atoms with Gasteiger partial charge in [-0.2, -0.15) is 0 Å². The molecule has 3 heteroatoms. The topological polar surface area (TPSA) is 29.1 Å². The van der Waals surface area contributed by atoms with Crippen molar-refractivity contribution in [3.8, 4) is 0 Å². The van der Waals surface area contributed by atoms with E-state index in [1.54, 1.807) is 0 Å². The van der Waals surface area contributed by atoms with Gasteiger partial charge in [0.2, 0.25) is 5.91 Å². The molecule has 0 bridgehead atoms. The summed E-state index contributed by atoms with van der Waals surface area (Å²) >= 11 is 3.44. The summed E-state index contributed by atoms with van der Waals surface area (Å²) in [6.45, 7) is 2.03. The summed E-state index contributed by atoms with van der Waals surface area (Å²) < 4.78 is 1.05. The first-order chi connectivity index (χ1) is 8.66. The van der Waals surface area contributed by atoms with Crippen molar-refractivity contribution in [2.24, 2.45) is 17.8 Å². The molecule has 1 N–H and O–H groups in total. The third-order valence-corrected chi connectivity index (χ3v) is 4.90. The molecule has 0 radical (unpaired) electrons. The molecule has 96 valence electrons. The third-order valence-electron chi connectivity index (χ3n) is 4.41. The van der Waals surface area contributed by atoms with E-state index in [9.17, 15) is 4.79 Å². The van der Waals surface area contributed by atoms with Crippen LogP contribution in [0.15, 0.2) is 22.7 Å². The number of aryl methyl sites for hydroxylation is 1. The van der Waals surface area contributed by atoms with E-state index in [1.807, 2.05) is 25.1 Å². The number of carbonyl (C=O) groups is 1. The van der Waals surface area contributed by atoms with E-state index in [1.165, 1.54) is 25.7 Å². The van der Waals surface area contributed by atoms with Gasteiger partial charge >= 0.3 is 0 Å². The Balaban J connectivity index is 1.68. The highest BCUT2D eigenvalue weighted by Gasteiger charge is 2.54. The molecule has 1 aromatic carbocycles. The molecule has 1 aromatic rings. The minimum atomic E-state index is 0.234. The Morgan fingerprint density at radius 2 is 1.94 bits per heavy atom. The van der Waals surface area contributed by atoms with E-state index >= 15 is 0 Å². The fourth-order valence-corrected chi connectivity index (χ4v) is 3.84. The molecule has 2 unspecified atom stereocenters. The first-order valence-corrected chi connectivity index (χ1v) is 7.53. The maximum atomic E-state index is 12.3. The van der Waals surface area contributed by atoms with E-state index < -0.39 is 0 Å². The Hall–Kier alpha value is -0.830. The lowest BCUT2D eigenvalue weighted by molar-refractivity contribution is -0.117. The zero-order valence-electron chi connectivity index (χ0n) is 10.6. The molecule has 2 aliphatic rings. The van der Waals surface area contributed by atoms with E-state index in [0.29, 0.717) is 11.8 Å². The van der Waals surface area contributed by atoms with Crippen LogP contribution < -0.4 is 5.32 Å². The van der Waals surface area contributed by atoms with Crippen LogP contribution in [0.5, 0.6) is 0 Å². The molecule has 18 heavy (non-hydrogen) atoms. The summed E-state index contributed by atoms with van der Waals surface area (Å²) in [5.74, 6) is 1.87. The molecule has 0 saturated heterocycles. The monoisotopic (exact) mass is 307 g/mol. The third kappa shape index (κ3) is 2.20. The number of benzene rings is 1. The lowest BCUT2D eigenvalue weighted by atomic mass is 10.0. The number of hydrogen-bond acceptors (Lipinski definition) is 1. The highest BCUT2D eigenvalue weighted by atomic mass is 79.9. The molecule has 2 aliphatic carbocycles. The Labute approximate surface area is 116 Å². The number of nitrogens with one attached hydrogen (secondary N) is 1. The molecule has 3 rings (SSSR count). The average Bonchev–Trinajstić information content (AvgIpc) is 3.07. The lowest BCUT2D eigenvalue weighted by Gasteiger charge is -2.08. The van der Waals surface area contributed by atoms with Crippen LogP contribution in [0.3, 0.4) is 0 Å². The molecule has 0 aliphatic heterocycles. The van der Waals surface area contributed by atoms with E-state index in [-0.39, 0.29) is 11.8 Å². The predicted octanol–water partition coefficient (Wildman–Crippen LogP) is 4.13. The largest absolute Gasteiger partial charge is 0.326 e. The van der Waals surface area contributed by atoms with Gasteiger partial charge in [-0.3, -0.25) is 4.79 Å². The SMILES string of the molecule is Cc1cc(Br)ccc1NC(=O)C1C2CCCCC21. The first kappa shape index (κ1) is 12.2. The number of halogens is 1. The molecule has 0 spiro atoms. The molecule has 1 amide bonds. The standard InChI is InChI=1S/C15H18BrNO/c1-9-8-10(16)6-7-13(9)17-15(18)14-11-4-2-3-5-12(11)14/h6-8,11-12,14H,2-5H2,1H3,(H,17,18). The van der Waals surface area contributed by atoms with Crippen molar-refractivity contribution in [3.05, 3.63) is 28.2 Å². The molecule has 2 fully saturated rings. The van der Waals surface area contributed by atoms with Crippen LogP contribution in [0.2, 0.25) is 0 Å². The van der Waals surface area contributed by atoms with Crippen molar-refractivity contribution in [1.29, 1.82) is 0 Å². The minimum Gasteiger partial charge on any atom is -0.326 e. The second kappa shape index (κ2) is 4.69. The second-order valence-electron chi connectivity index (χ2n) is 5.59. The molecule has 0 heterocycles. The molecular weight excluding hydrogens is 290 g/mol. The number of hydrogen-bond donors (Lipinski definition) is 1. The number of anilines is 1. The fraction of sp³-hybridized carbons (Fsp3) is 0.533. The highest BCUT2D eigenvalue weighted by Crippen LogP contribution is 2.55. The maximum absolute atomic E-state index is 12.3. The Morgan fingerprint density at radius 1 is 1.28 bits per heavy atom. The van der Waals surface area contributed by atoms with Crippen LogP contribution in [0.1, 0.15) is 31.2 Å². The summed E-state index contributed by atoms with van der Waals surface area (Å²) in [4.78, 5) is 12.3. The molecule has 2 nitrogen and oxygen atoms in total. The van der Waals surface area contributed by atoms with Gasteiger partial charge in [-0.05, 0) is 55.4 Å². The zero-order chi connectivity index (χ0) is 12.7. The van der Waals surface area contributed by atoms with E-state index in [2.05, 4.69) is 21.2 Å². The van der Waals surface area contributed by atoms with Crippen molar-refractivity contribution in [2.45, 2.75) is 32.6 Å². The average molecular weight is 308 g/mol. The number of fused-ring (bicyclic) bond motifs is 1. The Kier molecular flexibility index (Phi) is 3.18. The Morgan fingerprint density at radius 3 is 2.56 bits per heavy atom. The van der Waals surface area contributed by atoms with Crippen LogP contribution in [0.4, 0.5) is 5.69 Å². The Bertz CT molecular complexity index is 473. The number of rotatable bonds is 2. The van der Waals surface area contributed by atoms with E-state index in [0.717, 1.165) is 15.7 Å². The predicted molar refractivity (Wildman–Crippen MR) is 76.4 cm³/mol. The van der Waals surface area contributed by atoms with Crippen LogP contribution in [0.25, 0.3) is 0 Å². The van der Waals surface area contributed by atoms with Gasteiger partial charge in [-0.25, -0.2) is 0 Å². The summed E-state index contributed by atoms with van der Waals surface area (Å²) in [5, 5.41) is 3.10. The van der Waals surface area contributed by atoms with E-state index in [4.69, 9.17) is 0 Å². The first-order valence-electron chi connectivity index (χ1n) is 6.74. The number of carbonyl (C=O) groups excluding carboxylic acids is 1. The molecule has 2 saturated carbocycles. The van der Waals surface area contributed by atoms with Crippen LogP contribution in [-0.2, 0) is 4.79 Å². The summed E-state index contributed by atoms with van der Waals surface area (Å²) in [7, 11) is 0. The smallest absolute Gasteiger partial charge is 0.228 e. The summed E-state index contributed by atoms with van der Waals surface area (Å²) in [5.41, 5.74) is 2.06. The lowest BCUT2D eigenvalue weighted by Crippen LogP contribution is -2.16. The minimum absolute atomic E-state index is 0.234. The maximum Gasteiger partial charge on any atom is 0.228 e. The molecule has 2 atom stereocenters. The second-order valence-corrected chi connectivity index (χ2v) is 6.50. The van der Waals surface area contributed by atoms with Gasteiger partial charge in [0, 0.05) is 16.1 Å². The van der Waals surface area contributed by atoms with Gasteiger partial charge in [0.15, 0.2) is 0 Å². The van der Waals surface area contributed by atoms with Gasteiger partial charge in [0.1, 0.15) is 0 Å². The summed E-state index contributed by atoms with van der Waals surface area (Å²) in [6, 6.07) is 5.99. The van der Waals surface area contributed by atoms with Gasteiger partial charge in [0.25, 0.3) is 0 Å². The van der Waals surface area contributed by atoms with Crippen LogP contribution >= 0.6 is 15.9 Å². The van der Waals surface area contributed by atoms with Crippen molar-refractivity contribution in [2.75, 3.05) is 5.32 Å². The number of amides is 1. The molecular formula is C15H18BrNO. The van der Waals surface area contributed by atoms with Gasteiger partial charge in [0.05, 0.1) is 0 Å². The van der Waals surface area contributed by atoms with Crippen molar-refractivity contribution in [1.82, 2.24) is 0 Å². The van der Waals surface area contributed by atoms with Crippen molar-refractivity contribution in [3.63, 3.8) is 0 Å². The molecule has 0 aromatic heterocycles. The highest BCUT2D eigenvalue weighted by molar-refractivity contribution is 9.10. The van der Waals surface area contributed by atoms with Gasteiger partial charge in [-0.15, -0.1) is 0 Å². The summed E-state index contributed by atoms with van der Waals surface area (Å²) in [6.07, 6.45) is 5.12. The quantitative estimate of drug-likeness (QED) is 0.874. The van der Waals surface area contributed by atoms with Crippen LogP contribution in [0, 0.1) is 24.7 Å². The normalized spacial score (nSPS) is 29.6. The van der Waals surface area contributed by atoms with Gasteiger partial charge < -0.3 is 5.32 Å². The van der Waals surface area contributed by atoms with Crippen molar-refractivity contribution < 1.29 is 4.79 Å². The van der Waals surface area contributed by atoms with Gasteiger partial charge in [-0.1, -0.05) is 28.8 Å². The van der Waals surface area contributed by atoms with Crippen molar-refractivity contribution >= 4 is 27.5 Å². The zero-order valence-corrected chi connectivity index (χ0v) is 12.2. The van der Waals surface area contributed by atoms with Crippen LogP contribution in [-0.4, -0.2) is 5.91 Å². The fourth-order valence-electron chi connectivity index (χ4n) is 3.36.